The smallest absolute Gasteiger partial charge is 0.229 e. The van der Waals surface area contributed by atoms with Crippen LogP contribution < -0.4 is 9.47 Å². The molecule has 0 bridgehead atoms. The van der Waals surface area contributed by atoms with Crippen molar-refractivity contribution in [2.75, 3.05) is 27.6 Å². The Morgan fingerprint density at radius 2 is 2.00 bits per heavy atom. The van der Waals surface area contributed by atoms with Crippen LogP contribution >= 0.6 is 0 Å². The van der Waals surface area contributed by atoms with Gasteiger partial charge in [0.1, 0.15) is 6.73 Å². The van der Waals surface area contributed by atoms with Gasteiger partial charge in [0.2, 0.25) is 5.91 Å². The van der Waals surface area contributed by atoms with Crippen molar-refractivity contribution in [3.05, 3.63) is 23.8 Å². The van der Waals surface area contributed by atoms with E-state index in [2.05, 4.69) is 0 Å². The number of nitrogens with zero attached hydrogens (tertiary/aromatic N) is 1. The summed E-state index contributed by atoms with van der Waals surface area (Å²) in [4.78, 5) is 14.1. The number of rotatable bonds is 4. The van der Waals surface area contributed by atoms with Gasteiger partial charge in [0, 0.05) is 0 Å². The first-order chi connectivity index (χ1) is 9.47. The summed E-state index contributed by atoms with van der Waals surface area (Å²) in [6, 6.07) is 5.52. The van der Waals surface area contributed by atoms with Crippen molar-refractivity contribution in [3.8, 4) is 11.5 Å². The normalized spacial score (nSPS) is 17.1. The van der Waals surface area contributed by atoms with E-state index in [9.17, 15) is 4.79 Å². The van der Waals surface area contributed by atoms with Crippen LogP contribution in [0.5, 0.6) is 11.5 Å². The highest BCUT2D eigenvalue weighted by atomic mass is 16.5. The van der Waals surface area contributed by atoms with Crippen molar-refractivity contribution in [1.82, 2.24) is 4.90 Å². The predicted molar refractivity (Wildman–Crippen MR) is 75.0 cm³/mol. The first-order valence-electron chi connectivity index (χ1n) is 6.57. The standard InChI is InChI=1S/C15H21NO4/c1-15(2)9-20-10-16(15)14(17)8-11-5-6-12(18-3)13(7-11)19-4/h5-7H,8-10H2,1-4H3. The van der Waals surface area contributed by atoms with E-state index in [-0.39, 0.29) is 11.4 Å². The van der Waals surface area contributed by atoms with Crippen molar-refractivity contribution < 1.29 is 19.0 Å². The molecular weight excluding hydrogens is 258 g/mol. The molecule has 0 aliphatic carbocycles. The van der Waals surface area contributed by atoms with E-state index in [4.69, 9.17) is 14.2 Å². The zero-order valence-corrected chi connectivity index (χ0v) is 12.4. The monoisotopic (exact) mass is 279 g/mol. The maximum atomic E-state index is 12.4. The summed E-state index contributed by atoms with van der Waals surface area (Å²) in [5.41, 5.74) is 0.656. The topological polar surface area (TPSA) is 48.0 Å². The number of carbonyl (C=O) groups is 1. The molecule has 0 saturated carbocycles. The molecule has 1 heterocycles. The van der Waals surface area contributed by atoms with E-state index < -0.39 is 0 Å². The molecule has 1 aliphatic heterocycles. The van der Waals surface area contributed by atoms with E-state index in [1.165, 1.54) is 0 Å². The SMILES string of the molecule is COc1ccc(CC(=O)N2COCC2(C)C)cc1OC. The number of hydrogen-bond acceptors (Lipinski definition) is 4. The summed E-state index contributed by atoms with van der Waals surface area (Å²) in [7, 11) is 3.17. The van der Waals surface area contributed by atoms with Crippen LogP contribution in [0, 0.1) is 0 Å². The van der Waals surface area contributed by atoms with E-state index in [1.54, 1.807) is 19.1 Å². The average Bonchev–Trinajstić information content (AvgIpc) is 2.78. The quantitative estimate of drug-likeness (QED) is 0.844. The Balaban J connectivity index is 2.12. The van der Waals surface area contributed by atoms with Crippen LogP contribution in [-0.4, -0.2) is 43.9 Å². The Bertz CT molecular complexity index is 499. The van der Waals surface area contributed by atoms with Crippen molar-refractivity contribution in [2.24, 2.45) is 0 Å². The lowest BCUT2D eigenvalue weighted by Crippen LogP contribution is -2.44. The summed E-state index contributed by atoms with van der Waals surface area (Å²) >= 11 is 0. The molecule has 5 heteroatoms. The molecule has 20 heavy (non-hydrogen) atoms. The van der Waals surface area contributed by atoms with Crippen LogP contribution in [-0.2, 0) is 16.0 Å². The van der Waals surface area contributed by atoms with Crippen LogP contribution in [0.4, 0.5) is 0 Å². The third-order valence-corrected chi connectivity index (χ3v) is 3.51. The van der Waals surface area contributed by atoms with Crippen LogP contribution in [0.2, 0.25) is 0 Å². The minimum atomic E-state index is -0.242. The number of methoxy groups -OCH3 is 2. The van der Waals surface area contributed by atoms with Gasteiger partial charge in [-0.15, -0.1) is 0 Å². The lowest BCUT2D eigenvalue weighted by molar-refractivity contribution is -0.134. The van der Waals surface area contributed by atoms with Gasteiger partial charge in [-0.1, -0.05) is 6.07 Å². The van der Waals surface area contributed by atoms with Gasteiger partial charge in [-0.25, -0.2) is 0 Å². The van der Waals surface area contributed by atoms with Gasteiger partial charge in [0.25, 0.3) is 0 Å². The molecule has 1 aromatic carbocycles. The third kappa shape index (κ3) is 2.88. The number of hydrogen-bond donors (Lipinski definition) is 0. The minimum Gasteiger partial charge on any atom is -0.493 e. The van der Waals surface area contributed by atoms with Crippen LogP contribution in [0.15, 0.2) is 18.2 Å². The summed E-state index contributed by atoms with van der Waals surface area (Å²) in [5.74, 6) is 1.35. The lowest BCUT2D eigenvalue weighted by atomic mass is 10.0. The van der Waals surface area contributed by atoms with Crippen molar-refractivity contribution in [1.29, 1.82) is 0 Å². The van der Waals surface area contributed by atoms with Gasteiger partial charge in [-0.05, 0) is 31.5 Å². The summed E-state index contributed by atoms with van der Waals surface area (Å²) in [6.07, 6.45) is 0.327. The molecule has 0 unspecified atom stereocenters. The summed E-state index contributed by atoms with van der Waals surface area (Å²) in [5, 5.41) is 0. The van der Waals surface area contributed by atoms with Crippen LogP contribution in [0.25, 0.3) is 0 Å². The Kier molecular flexibility index (Phi) is 4.18. The zero-order chi connectivity index (χ0) is 14.8. The number of carbonyl (C=O) groups excluding carboxylic acids is 1. The highest BCUT2D eigenvalue weighted by Gasteiger charge is 2.36. The molecule has 2 rings (SSSR count). The molecule has 5 nitrogen and oxygen atoms in total. The highest BCUT2D eigenvalue weighted by molar-refractivity contribution is 5.80. The summed E-state index contributed by atoms with van der Waals surface area (Å²) < 4.78 is 15.8. The molecule has 0 aromatic heterocycles. The van der Waals surface area contributed by atoms with Crippen LogP contribution in [0.3, 0.4) is 0 Å². The second-order valence-corrected chi connectivity index (χ2v) is 5.48. The second kappa shape index (κ2) is 5.71. The van der Waals surface area contributed by atoms with Gasteiger partial charge in [0.15, 0.2) is 11.5 Å². The largest absolute Gasteiger partial charge is 0.493 e. The molecule has 1 fully saturated rings. The fourth-order valence-corrected chi connectivity index (χ4v) is 2.31. The van der Waals surface area contributed by atoms with Gasteiger partial charge >= 0.3 is 0 Å². The first kappa shape index (κ1) is 14.7. The molecule has 1 amide bonds. The van der Waals surface area contributed by atoms with Crippen molar-refractivity contribution in [3.63, 3.8) is 0 Å². The van der Waals surface area contributed by atoms with Gasteiger partial charge in [-0.3, -0.25) is 4.79 Å². The van der Waals surface area contributed by atoms with E-state index >= 15 is 0 Å². The number of benzene rings is 1. The molecule has 0 atom stereocenters. The molecule has 0 radical (unpaired) electrons. The third-order valence-electron chi connectivity index (χ3n) is 3.51. The van der Waals surface area contributed by atoms with Crippen molar-refractivity contribution in [2.45, 2.75) is 25.8 Å². The van der Waals surface area contributed by atoms with E-state index in [0.29, 0.717) is 31.3 Å². The molecule has 1 saturated heterocycles. The Morgan fingerprint density at radius 3 is 2.55 bits per heavy atom. The summed E-state index contributed by atoms with van der Waals surface area (Å²) in [6.45, 7) is 4.95. The van der Waals surface area contributed by atoms with Crippen molar-refractivity contribution >= 4 is 5.91 Å². The van der Waals surface area contributed by atoms with E-state index in [1.807, 2.05) is 32.0 Å². The lowest BCUT2D eigenvalue weighted by Gasteiger charge is -2.29. The predicted octanol–water partition coefficient (Wildman–Crippen LogP) is 1.84. The molecule has 1 aliphatic rings. The number of ether oxygens (including phenoxy) is 3. The fourth-order valence-electron chi connectivity index (χ4n) is 2.31. The second-order valence-electron chi connectivity index (χ2n) is 5.48. The van der Waals surface area contributed by atoms with Crippen LogP contribution in [0.1, 0.15) is 19.4 Å². The Morgan fingerprint density at radius 1 is 1.30 bits per heavy atom. The number of amides is 1. The van der Waals surface area contributed by atoms with E-state index in [0.717, 1.165) is 5.56 Å². The van der Waals surface area contributed by atoms with Gasteiger partial charge in [-0.2, -0.15) is 0 Å². The highest BCUT2D eigenvalue weighted by Crippen LogP contribution is 2.28. The molecular formula is C15H21NO4. The molecule has 0 spiro atoms. The first-order valence-corrected chi connectivity index (χ1v) is 6.57. The Hall–Kier alpha value is -1.75. The maximum absolute atomic E-state index is 12.4. The maximum Gasteiger partial charge on any atom is 0.229 e. The fraction of sp³-hybridized carbons (Fsp3) is 0.533. The van der Waals surface area contributed by atoms with Gasteiger partial charge in [0.05, 0.1) is 32.8 Å². The average molecular weight is 279 g/mol. The molecule has 110 valence electrons. The molecule has 1 aromatic rings. The molecule has 0 N–H and O–H groups in total. The Labute approximate surface area is 119 Å². The minimum absolute atomic E-state index is 0.0553. The zero-order valence-electron chi connectivity index (χ0n) is 12.4. The van der Waals surface area contributed by atoms with Gasteiger partial charge < -0.3 is 19.1 Å².